The van der Waals surface area contributed by atoms with E-state index in [0.29, 0.717) is 11.3 Å². The van der Waals surface area contributed by atoms with Crippen LogP contribution in [0.2, 0.25) is 0 Å². The molecule has 142 valence electrons. The molecule has 0 unspecified atom stereocenters. The maximum atomic E-state index is 12.2. The number of benzene rings is 2. The van der Waals surface area contributed by atoms with Crippen LogP contribution < -0.4 is 15.0 Å². The quantitative estimate of drug-likeness (QED) is 0.743. The fourth-order valence-corrected chi connectivity index (χ4v) is 3.30. The number of anilines is 2. The molecule has 0 saturated carbocycles. The molecule has 0 spiro atoms. The van der Waals surface area contributed by atoms with Crippen molar-refractivity contribution in [2.75, 3.05) is 30.4 Å². The van der Waals surface area contributed by atoms with E-state index >= 15 is 0 Å². The highest BCUT2D eigenvalue weighted by Gasteiger charge is 2.12. The van der Waals surface area contributed by atoms with Crippen molar-refractivity contribution in [2.24, 2.45) is 0 Å². The number of ether oxygens (including phenoxy) is 1. The summed E-state index contributed by atoms with van der Waals surface area (Å²) in [6.45, 7) is 2.19. The Labute approximate surface area is 160 Å². The minimum atomic E-state index is -0.156. The van der Waals surface area contributed by atoms with Crippen molar-refractivity contribution in [1.82, 2.24) is 0 Å². The Morgan fingerprint density at radius 1 is 1.00 bits per heavy atom. The molecule has 1 saturated heterocycles. The van der Waals surface area contributed by atoms with Crippen molar-refractivity contribution in [3.63, 3.8) is 0 Å². The Bertz CT molecular complexity index is 780. The van der Waals surface area contributed by atoms with E-state index < -0.39 is 0 Å². The first-order chi connectivity index (χ1) is 13.2. The van der Waals surface area contributed by atoms with Crippen LogP contribution in [0.25, 0.3) is 0 Å². The molecule has 1 amide bonds. The number of Topliss-reactive ketones (excluding diaryl/α,β-unsaturated/α-hetero) is 1. The largest absolute Gasteiger partial charge is 0.497 e. The lowest BCUT2D eigenvalue weighted by Gasteiger charge is -2.28. The molecule has 1 N–H and O–H groups in total. The van der Waals surface area contributed by atoms with Gasteiger partial charge in [0, 0.05) is 42.9 Å². The number of rotatable bonds is 7. The van der Waals surface area contributed by atoms with Gasteiger partial charge in [-0.05, 0) is 55.7 Å². The summed E-state index contributed by atoms with van der Waals surface area (Å²) in [5, 5.41) is 2.87. The van der Waals surface area contributed by atoms with Gasteiger partial charge in [0.2, 0.25) is 5.91 Å². The van der Waals surface area contributed by atoms with Gasteiger partial charge in [-0.3, -0.25) is 9.59 Å². The SMILES string of the molecule is COc1cccc(C(=O)CCC(=O)Nc2ccc(N3CCCCC3)cc2)c1. The predicted octanol–water partition coefficient (Wildman–Crippen LogP) is 4.29. The molecular weight excluding hydrogens is 340 g/mol. The molecule has 3 rings (SSSR count). The summed E-state index contributed by atoms with van der Waals surface area (Å²) >= 11 is 0. The average molecular weight is 366 g/mol. The standard InChI is InChI=1S/C22H26N2O3/c1-27-20-7-5-6-17(16-20)21(25)12-13-22(26)23-18-8-10-19(11-9-18)24-14-3-2-4-15-24/h5-11,16H,2-4,12-15H2,1H3,(H,23,26). The average Bonchev–Trinajstić information content (AvgIpc) is 2.73. The zero-order chi connectivity index (χ0) is 19.1. The van der Waals surface area contributed by atoms with Gasteiger partial charge in [-0.15, -0.1) is 0 Å². The second-order valence-electron chi connectivity index (χ2n) is 6.80. The number of carbonyl (C=O) groups excluding carboxylic acids is 2. The number of methoxy groups -OCH3 is 1. The highest BCUT2D eigenvalue weighted by atomic mass is 16.5. The molecule has 27 heavy (non-hydrogen) atoms. The van der Waals surface area contributed by atoms with E-state index in [9.17, 15) is 9.59 Å². The Kier molecular flexibility index (Phi) is 6.47. The first-order valence-electron chi connectivity index (χ1n) is 9.48. The molecule has 5 heteroatoms. The van der Waals surface area contributed by atoms with Gasteiger partial charge in [-0.1, -0.05) is 12.1 Å². The van der Waals surface area contributed by atoms with E-state index in [2.05, 4.69) is 10.2 Å². The molecule has 2 aromatic rings. The van der Waals surface area contributed by atoms with Crippen LogP contribution in [0.1, 0.15) is 42.5 Å². The Balaban J connectivity index is 1.49. The molecule has 0 atom stereocenters. The van der Waals surface area contributed by atoms with E-state index in [-0.39, 0.29) is 24.5 Å². The predicted molar refractivity (Wildman–Crippen MR) is 108 cm³/mol. The maximum absolute atomic E-state index is 12.2. The van der Waals surface area contributed by atoms with E-state index in [0.717, 1.165) is 18.8 Å². The second-order valence-corrected chi connectivity index (χ2v) is 6.80. The molecule has 2 aromatic carbocycles. The summed E-state index contributed by atoms with van der Waals surface area (Å²) in [5.74, 6) is 0.417. The number of nitrogens with zero attached hydrogens (tertiary/aromatic N) is 1. The van der Waals surface area contributed by atoms with Crippen molar-refractivity contribution in [2.45, 2.75) is 32.1 Å². The van der Waals surface area contributed by atoms with Crippen LogP contribution in [-0.2, 0) is 4.79 Å². The molecule has 1 heterocycles. The lowest BCUT2D eigenvalue weighted by molar-refractivity contribution is -0.116. The van der Waals surface area contributed by atoms with Gasteiger partial charge in [0.15, 0.2) is 5.78 Å². The van der Waals surface area contributed by atoms with Crippen LogP contribution in [0.15, 0.2) is 48.5 Å². The summed E-state index contributed by atoms with van der Waals surface area (Å²) < 4.78 is 5.13. The monoisotopic (exact) mass is 366 g/mol. The van der Waals surface area contributed by atoms with Crippen LogP contribution >= 0.6 is 0 Å². The third-order valence-corrected chi connectivity index (χ3v) is 4.84. The maximum Gasteiger partial charge on any atom is 0.224 e. The Morgan fingerprint density at radius 3 is 2.44 bits per heavy atom. The van der Waals surface area contributed by atoms with E-state index in [1.807, 2.05) is 24.3 Å². The second kappa shape index (κ2) is 9.21. The van der Waals surface area contributed by atoms with E-state index in [1.54, 1.807) is 31.4 Å². The molecule has 0 aliphatic carbocycles. The van der Waals surface area contributed by atoms with Gasteiger partial charge in [-0.2, -0.15) is 0 Å². The number of nitrogens with one attached hydrogen (secondary N) is 1. The number of amides is 1. The third-order valence-electron chi connectivity index (χ3n) is 4.84. The van der Waals surface area contributed by atoms with Crippen LogP contribution in [0, 0.1) is 0 Å². The number of ketones is 1. The summed E-state index contributed by atoms with van der Waals surface area (Å²) in [5.41, 5.74) is 2.52. The van der Waals surface area contributed by atoms with Crippen molar-refractivity contribution in [1.29, 1.82) is 0 Å². The number of hydrogen-bond donors (Lipinski definition) is 1. The summed E-state index contributed by atoms with van der Waals surface area (Å²) in [6.07, 6.45) is 4.10. The summed E-state index contributed by atoms with van der Waals surface area (Å²) in [7, 11) is 1.56. The van der Waals surface area contributed by atoms with Crippen molar-refractivity contribution < 1.29 is 14.3 Å². The molecule has 1 fully saturated rings. The van der Waals surface area contributed by atoms with Gasteiger partial charge in [0.05, 0.1) is 7.11 Å². The number of carbonyl (C=O) groups is 2. The fourth-order valence-electron chi connectivity index (χ4n) is 3.30. The number of piperidine rings is 1. The first kappa shape index (κ1) is 19.0. The van der Waals surface area contributed by atoms with Crippen LogP contribution in [0.5, 0.6) is 5.75 Å². The highest BCUT2D eigenvalue weighted by Crippen LogP contribution is 2.22. The van der Waals surface area contributed by atoms with Gasteiger partial charge in [0.1, 0.15) is 5.75 Å². The van der Waals surface area contributed by atoms with Gasteiger partial charge in [-0.25, -0.2) is 0 Å². The Hall–Kier alpha value is -2.82. The van der Waals surface area contributed by atoms with Crippen molar-refractivity contribution in [3.8, 4) is 5.75 Å². The van der Waals surface area contributed by atoms with E-state index in [4.69, 9.17) is 4.74 Å². The topological polar surface area (TPSA) is 58.6 Å². The van der Waals surface area contributed by atoms with Crippen molar-refractivity contribution >= 4 is 23.1 Å². The third kappa shape index (κ3) is 5.33. The van der Waals surface area contributed by atoms with Crippen LogP contribution in [0.3, 0.4) is 0 Å². The smallest absolute Gasteiger partial charge is 0.224 e. The van der Waals surface area contributed by atoms with Gasteiger partial charge >= 0.3 is 0 Å². The van der Waals surface area contributed by atoms with Gasteiger partial charge in [0.25, 0.3) is 0 Å². The molecule has 0 bridgehead atoms. The van der Waals surface area contributed by atoms with Crippen LogP contribution in [-0.4, -0.2) is 31.9 Å². The van der Waals surface area contributed by atoms with E-state index in [1.165, 1.54) is 24.9 Å². The van der Waals surface area contributed by atoms with Crippen LogP contribution in [0.4, 0.5) is 11.4 Å². The molecule has 1 aliphatic rings. The Morgan fingerprint density at radius 2 is 1.74 bits per heavy atom. The molecule has 0 aromatic heterocycles. The zero-order valence-corrected chi connectivity index (χ0v) is 15.7. The summed E-state index contributed by atoms with van der Waals surface area (Å²) in [6, 6.07) is 14.9. The zero-order valence-electron chi connectivity index (χ0n) is 15.7. The minimum Gasteiger partial charge on any atom is -0.497 e. The minimum absolute atomic E-state index is 0.0653. The van der Waals surface area contributed by atoms with Crippen molar-refractivity contribution in [3.05, 3.63) is 54.1 Å². The van der Waals surface area contributed by atoms with Gasteiger partial charge < -0.3 is 15.0 Å². The molecular formula is C22H26N2O3. The summed E-state index contributed by atoms with van der Waals surface area (Å²) in [4.78, 5) is 26.8. The molecule has 1 aliphatic heterocycles. The molecule has 0 radical (unpaired) electrons. The highest BCUT2D eigenvalue weighted by molar-refractivity contribution is 6.00. The fraction of sp³-hybridized carbons (Fsp3) is 0.364. The number of hydrogen-bond acceptors (Lipinski definition) is 4. The normalized spacial score (nSPS) is 13.9. The lowest BCUT2D eigenvalue weighted by atomic mass is 10.1. The molecule has 5 nitrogen and oxygen atoms in total. The first-order valence-corrected chi connectivity index (χ1v) is 9.48. The lowest BCUT2D eigenvalue weighted by Crippen LogP contribution is -2.29.